The number of methoxy groups -OCH3 is 1. The van der Waals surface area contributed by atoms with Crippen molar-refractivity contribution >= 4 is 95.1 Å². The van der Waals surface area contributed by atoms with Crippen molar-refractivity contribution in [3.05, 3.63) is 94.7 Å². The average molecular weight is 671 g/mol. The highest BCUT2D eigenvalue weighted by Gasteiger charge is 2.33. The van der Waals surface area contributed by atoms with E-state index in [1.165, 1.54) is 35.9 Å². The quantitative estimate of drug-likeness (QED) is 0.110. The Morgan fingerprint density at radius 1 is 1.11 bits per heavy atom. The number of carbonyl (C=O) groups is 1. The molecule has 0 unspecified atom stereocenters. The zero-order valence-corrected chi connectivity index (χ0v) is 23.9. The van der Waals surface area contributed by atoms with Crippen LogP contribution in [0.4, 0.5) is 11.4 Å². The molecule has 1 heterocycles. The number of anilines is 1. The number of benzene rings is 3. The van der Waals surface area contributed by atoms with E-state index in [-0.39, 0.29) is 18.2 Å². The zero-order chi connectivity index (χ0) is 26.0. The van der Waals surface area contributed by atoms with Crippen LogP contribution in [0.25, 0.3) is 6.08 Å². The van der Waals surface area contributed by atoms with Gasteiger partial charge in [0.05, 0.1) is 27.6 Å². The number of hydrogen-bond donors (Lipinski definition) is 0. The van der Waals surface area contributed by atoms with E-state index >= 15 is 0 Å². The fourth-order valence-corrected chi connectivity index (χ4v) is 5.41. The van der Waals surface area contributed by atoms with E-state index in [1.807, 2.05) is 0 Å². The predicted molar refractivity (Wildman–Crippen MR) is 153 cm³/mol. The van der Waals surface area contributed by atoms with Crippen molar-refractivity contribution in [1.29, 1.82) is 0 Å². The number of nitro groups is 1. The molecule has 0 radical (unpaired) electrons. The Kier molecular flexibility index (Phi) is 8.36. The molecular weight excluding hydrogens is 656 g/mol. The highest BCUT2D eigenvalue weighted by Crippen LogP contribution is 2.40. The highest BCUT2D eigenvalue weighted by molar-refractivity contribution is 9.10. The third kappa shape index (κ3) is 5.76. The Morgan fingerprint density at radius 3 is 2.47 bits per heavy atom. The summed E-state index contributed by atoms with van der Waals surface area (Å²) in [5, 5.41) is 11.3. The van der Waals surface area contributed by atoms with Gasteiger partial charge in [-0.3, -0.25) is 19.8 Å². The van der Waals surface area contributed by atoms with Crippen LogP contribution in [0.2, 0.25) is 5.02 Å². The number of nitro benzene ring substituents is 1. The second-order valence-corrected chi connectivity index (χ2v) is 11.1. The van der Waals surface area contributed by atoms with Gasteiger partial charge in [0.15, 0.2) is 15.8 Å². The number of nitrogens with zero attached hydrogens (tertiary/aromatic N) is 2. The van der Waals surface area contributed by atoms with E-state index in [0.29, 0.717) is 41.5 Å². The Balaban J connectivity index is 1.55. The molecule has 184 valence electrons. The van der Waals surface area contributed by atoms with E-state index in [9.17, 15) is 14.9 Å². The zero-order valence-electron chi connectivity index (χ0n) is 18.4. The minimum absolute atomic E-state index is 0.0112. The van der Waals surface area contributed by atoms with Crippen molar-refractivity contribution in [2.24, 2.45) is 0 Å². The summed E-state index contributed by atoms with van der Waals surface area (Å²) < 4.78 is 13.2. The molecule has 3 aromatic carbocycles. The van der Waals surface area contributed by atoms with Gasteiger partial charge < -0.3 is 9.47 Å². The van der Waals surface area contributed by atoms with Crippen LogP contribution in [0.1, 0.15) is 11.1 Å². The molecule has 12 heteroatoms. The number of ether oxygens (including phenoxy) is 2. The fourth-order valence-electron chi connectivity index (χ4n) is 3.26. The number of amides is 1. The van der Waals surface area contributed by atoms with Crippen molar-refractivity contribution in [1.82, 2.24) is 0 Å². The molecule has 1 saturated heterocycles. The molecule has 3 aromatic rings. The second kappa shape index (κ2) is 11.3. The van der Waals surface area contributed by atoms with Gasteiger partial charge in [0.25, 0.3) is 11.6 Å². The summed E-state index contributed by atoms with van der Waals surface area (Å²) in [7, 11) is 1.52. The van der Waals surface area contributed by atoms with E-state index in [1.54, 1.807) is 48.5 Å². The van der Waals surface area contributed by atoms with Gasteiger partial charge in [-0.15, -0.1) is 0 Å². The standard InChI is InChI=1S/C24H15Br2ClN2O5S2/c1-33-20-8-14(18(26)11-21(20)34-12-13-2-4-15(5-3-13)29(31)32)9-22-23(30)28(24(35)36-22)16-6-7-17(25)19(27)10-16/h2-11H,12H2,1H3/b22-9+. The Bertz CT molecular complexity index is 1420. The number of non-ortho nitro benzene ring substituents is 1. The number of hydrogen-bond acceptors (Lipinski definition) is 7. The molecule has 1 fully saturated rings. The second-order valence-electron chi connectivity index (χ2n) is 7.35. The van der Waals surface area contributed by atoms with E-state index in [0.717, 1.165) is 10.0 Å². The summed E-state index contributed by atoms with van der Waals surface area (Å²) in [5.74, 6) is 0.672. The molecule has 0 atom stereocenters. The Morgan fingerprint density at radius 2 is 1.83 bits per heavy atom. The molecule has 0 saturated carbocycles. The minimum atomic E-state index is -0.453. The van der Waals surface area contributed by atoms with Crippen LogP contribution in [0, 0.1) is 10.1 Å². The molecule has 1 aliphatic heterocycles. The maximum atomic E-state index is 13.2. The first kappa shape index (κ1) is 26.6. The summed E-state index contributed by atoms with van der Waals surface area (Å²) in [4.78, 5) is 25.4. The number of thiocarbonyl (C=S) groups is 1. The lowest BCUT2D eigenvalue weighted by molar-refractivity contribution is -0.384. The van der Waals surface area contributed by atoms with Crippen molar-refractivity contribution < 1.29 is 19.2 Å². The third-order valence-corrected chi connectivity index (χ3v) is 8.29. The average Bonchev–Trinajstić information content (AvgIpc) is 3.13. The van der Waals surface area contributed by atoms with Gasteiger partial charge in [0.1, 0.15) is 6.61 Å². The van der Waals surface area contributed by atoms with E-state index in [4.69, 9.17) is 33.3 Å². The first-order chi connectivity index (χ1) is 17.2. The van der Waals surface area contributed by atoms with Crippen LogP contribution in [-0.2, 0) is 11.4 Å². The SMILES string of the molecule is COc1cc(/C=C2/SC(=S)N(c3ccc(Br)c(Cl)c3)C2=O)c(Br)cc1OCc1ccc([N+](=O)[O-])cc1. The van der Waals surface area contributed by atoms with Gasteiger partial charge in [-0.25, -0.2) is 0 Å². The molecule has 36 heavy (non-hydrogen) atoms. The Hall–Kier alpha value is -2.44. The topological polar surface area (TPSA) is 81.9 Å². The maximum absolute atomic E-state index is 13.2. The van der Waals surface area contributed by atoms with Crippen LogP contribution in [0.3, 0.4) is 0 Å². The third-order valence-electron chi connectivity index (χ3n) is 5.07. The Labute approximate surface area is 237 Å². The van der Waals surface area contributed by atoms with Crippen molar-refractivity contribution in [3.8, 4) is 11.5 Å². The fraction of sp³-hybridized carbons (Fsp3) is 0.0833. The molecule has 0 N–H and O–H groups in total. The summed E-state index contributed by atoms with van der Waals surface area (Å²) in [5.41, 5.74) is 2.06. The van der Waals surface area contributed by atoms with Crippen molar-refractivity contribution in [3.63, 3.8) is 0 Å². The molecule has 0 spiro atoms. The van der Waals surface area contributed by atoms with Gasteiger partial charge >= 0.3 is 0 Å². The van der Waals surface area contributed by atoms with Gasteiger partial charge in [-0.05, 0) is 75.6 Å². The summed E-state index contributed by atoms with van der Waals surface area (Å²) in [6.45, 7) is 0.189. The van der Waals surface area contributed by atoms with Crippen molar-refractivity contribution in [2.75, 3.05) is 12.0 Å². The monoisotopic (exact) mass is 668 g/mol. The first-order valence-corrected chi connectivity index (χ1v) is 13.3. The maximum Gasteiger partial charge on any atom is 0.270 e. The predicted octanol–water partition coefficient (Wildman–Crippen LogP) is 7.77. The van der Waals surface area contributed by atoms with Crippen LogP contribution in [0.5, 0.6) is 11.5 Å². The van der Waals surface area contributed by atoms with Crippen LogP contribution < -0.4 is 14.4 Å². The number of thioether (sulfide) groups is 1. The summed E-state index contributed by atoms with van der Waals surface area (Å²) >= 11 is 19.7. The summed E-state index contributed by atoms with van der Waals surface area (Å²) in [6.07, 6.45) is 1.73. The lowest BCUT2D eigenvalue weighted by Crippen LogP contribution is -2.27. The van der Waals surface area contributed by atoms with Gasteiger partial charge in [-0.1, -0.05) is 51.5 Å². The minimum Gasteiger partial charge on any atom is -0.493 e. The van der Waals surface area contributed by atoms with E-state index in [2.05, 4.69) is 31.9 Å². The molecule has 0 aromatic heterocycles. The number of carbonyl (C=O) groups excluding carboxylic acids is 1. The molecular formula is C24H15Br2ClN2O5S2. The molecule has 4 rings (SSSR count). The van der Waals surface area contributed by atoms with Crippen LogP contribution in [-0.4, -0.2) is 22.3 Å². The summed E-state index contributed by atoms with van der Waals surface area (Å²) in [6, 6.07) is 14.8. The molecule has 1 aliphatic rings. The van der Waals surface area contributed by atoms with Crippen LogP contribution in [0.15, 0.2) is 68.4 Å². The molecule has 1 amide bonds. The van der Waals surface area contributed by atoms with Crippen LogP contribution >= 0.6 is 67.4 Å². The normalized spacial score (nSPS) is 14.4. The van der Waals surface area contributed by atoms with Gasteiger partial charge in [0, 0.05) is 21.1 Å². The first-order valence-electron chi connectivity index (χ1n) is 10.1. The lowest BCUT2D eigenvalue weighted by atomic mass is 10.1. The number of rotatable bonds is 7. The molecule has 0 aliphatic carbocycles. The number of halogens is 3. The van der Waals surface area contributed by atoms with Gasteiger partial charge in [-0.2, -0.15) is 0 Å². The molecule has 0 bridgehead atoms. The van der Waals surface area contributed by atoms with Crippen molar-refractivity contribution in [2.45, 2.75) is 6.61 Å². The smallest absolute Gasteiger partial charge is 0.270 e. The highest BCUT2D eigenvalue weighted by atomic mass is 79.9. The lowest BCUT2D eigenvalue weighted by Gasteiger charge is -2.15. The van der Waals surface area contributed by atoms with E-state index < -0.39 is 4.92 Å². The largest absolute Gasteiger partial charge is 0.493 e. The van der Waals surface area contributed by atoms with Gasteiger partial charge in [0.2, 0.25) is 0 Å². The molecule has 7 nitrogen and oxygen atoms in total.